The first-order valence-corrected chi connectivity index (χ1v) is 13.2. The molecule has 0 bridgehead atoms. The number of anilines is 1. The van der Waals surface area contributed by atoms with Crippen molar-refractivity contribution < 1.29 is 22.7 Å². The molecule has 1 atom stereocenters. The summed E-state index contributed by atoms with van der Waals surface area (Å²) in [5, 5.41) is 6.22. The molecule has 0 radical (unpaired) electrons. The Kier molecular flexibility index (Phi) is 7.84. The topological polar surface area (TPSA) is 126 Å². The van der Waals surface area contributed by atoms with Crippen LogP contribution >= 0.6 is 23.2 Å². The van der Waals surface area contributed by atoms with Crippen LogP contribution in [0.1, 0.15) is 32.0 Å². The zero-order valence-corrected chi connectivity index (χ0v) is 21.8. The molecule has 1 aromatic heterocycles. The standard InChI is InChI=1S/C25H22Cl2N4O5S/c1-36-13-12-29-24(33)22-8-2-16(15-30-22)23(32)31-37(34,35)19-6-3-17(4-7-19)25(27)10-11-28-21-9-5-18(26)14-20(21)25/h2-11,14-15,28H,12-13H2,1H3,(H,29,33)(H,31,32). The molecule has 0 spiro atoms. The lowest BCUT2D eigenvalue weighted by atomic mass is 9.87. The number of rotatable bonds is 8. The van der Waals surface area contributed by atoms with Gasteiger partial charge in [0.25, 0.3) is 21.8 Å². The summed E-state index contributed by atoms with van der Waals surface area (Å²) in [4.78, 5) is 27.3. The molecule has 9 nitrogen and oxygen atoms in total. The lowest BCUT2D eigenvalue weighted by Gasteiger charge is -2.30. The van der Waals surface area contributed by atoms with Crippen LogP contribution in [0.15, 0.2) is 78.0 Å². The molecule has 2 amide bonds. The Labute approximate surface area is 223 Å². The Morgan fingerprint density at radius 2 is 1.84 bits per heavy atom. The number of amides is 2. The monoisotopic (exact) mass is 560 g/mol. The van der Waals surface area contributed by atoms with Gasteiger partial charge in [0, 0.05) is 36.1 Å². The molecule has 0 fully saturated rings. The summed E-state index contributed by atoms with van der Waals surface area (Å²) in [5.74, 6) is -1.33. The third kappa shape index (κ3) is 5.78. The number of allylic oxidation sites excluding steroid dienone is 1. The molecule has 3 aromatic rings. The molecule has 37 heavy (non-hydrogen) atoms. The maximum absolute atomic E-state index is 12.8. The molecular weight excluding hydrogens is 539 g/mol. The summed E-state index contributed by atoms with van der Waals surface area (Å²) in [6.07, 6.45) is 4.58. The van der Waals surface area contributed by atoms with Crippen molar-refractivity contribution >= 4 is 50.7 Å². The van der Waals surface area contributed by atoms with Crippen LogP contribution in [-0.4, -0.2) is 45.5 Å². The predicted molar refractivity (Wildman–Crippen MR) is 140 cm³/mol. The summed E-state index contributed by atoms with van der Waals surface area (Å²) >= 11 is 13.1. The molecule has 0 aliphatic carbocycles. The van der Waals surface area contributed by atoms with Gasteiger partial charge in [-0.05, 0) is 60.3 Å². The smallest absolute Gasteiger partial charge is 0.269 e. The van der Waals surface area contributed by atoms with Crippen LogP contribution in [0.25, 0.3) is 0 Å². The van der Waals surface area contributed by atoms with E-state index >= 15 is 0 Å². The van der Waals surface area contributed by atoms with E-state index in [2.05, 4.69) is 15.6 Å². The average Bonchev–Trinajstić information content (AvgIpc) is 2.89. The van der Waals surface area contributed by atoms with E-state index in [9.17, 15) is 18.0 Å². The zero-order chi connectivity index (χ0) is 26.6. The number of hydrogen-bond acceptors (Lipinski definition) is 7. The van der Waals surface area contributed by atoms with Crippen molar-refractivity contribution in [2.45, 2.75) is 9.77 Å². The summed E-state index contributed by atoms with van der Waals surface area (Å²) in [5.41, 5.74) is 2.16. The minimum Gasteiger partial charge on any atom is -0.383 e. The number of methoxy groups -OCH3 is 1. The maximum Gasteiger partial charge on any atom is 0.269 e. The van der Waals surface area contributed by atoms with E-state index < -0.39 is 26.7 Å². The molecule has 1 aliphatic heterocycles. The van der Waals surface area contributed by atoms with Crippen molar-refractivity contribution in [3.05, 3.63) is 100 Å². The molecule has 2 heterocycles. The summed E-state index contributed by atoms with van der Waals surface area (Å²) in [6, 6.07) is 13.8. The van der Waals surface area contributed by atoms with E-state index in [-0.39, 0.29) is 16.2 Å². The van der Waals surface area contributed by atoms with Crippen LogP contribution in [0.4, 0.5) is 5.69 Å². The lowest BCUT2D eigenvalue weighted by molar-refractivity contribution is 0.0929. The van der Waals surface area contributed by atoms with E-state index in [0.29, 0.717) is 23.7 Å². The van der Waals surface area contributed by atoms with Gasteiger partial charge in [0.1, 0.15) is 10.6 Å². The Bertz CT molecular complexity index is 1460. The van der Waals surface area contributed by atoms with Crippen molar-refractivity contribution in [2.75, 3.05) is 25.6 Å². The SMILES string of the molecule is COCCNC(=O)c1ccc(C(=O)NS(=O)(=O)c2ccc(C3(Cl)C=CNc4ccc(Cl)cc43)cc2)cn1. The molecule has 2 aromatic carbocycles. The van der Waals surface area contributed by atoms with E-state index in [1.165, 1.54) is 31.4 Å². The number of nitrogens with one attached hydrogen (secondary N) is 3. The minimum absolute atomic E-state index is 0.0262. The maximum atomic E-state index is 12.8. The number of nitrogens with zero attached hydrogens (tertiary/aromatic N) is 1. The third-order valence-corrected chi connectivity index (χ3v) is 7.72. The minimum atomic E-state index is -4.20. The van der Waals surface area contributed by atoms with Gasteiger partial charge in [-0.1, -0.05) is 23.7 Å². The first-order chi connectivity index (χ1) is 17.6. The molecule has 3 N–H and O–H groups in total. The first kappa shape index (κ1) is 26.6. The van der Waals surface area contributed by atoms with Crippen molar-refractivity contribution in [1.29, 1.82) is 0 Å². The van der Waals surface area contributed by atoms with E-state index in [4.69, 9.17) is 27.9 Å². The number of carbonyl (C=O) groups excluding carboxylic acids is 2. The van der Waals surface area contributed by atoms with Crippen LogP contribution in [-0.2, 0) is 19.6 Å². The highest BCUT2D eigenvalue weighted by molar-refractivity contribution is 7.90. The largest absolute Gasteiger partial charge is 0.383 e. The zero-order valence-electron chi connectivity index (χ0n) is 19.5. The highest BCUT2D eigenvalue weighted by Gasteiger charge is 2.34. The highest BCUT2D eigenvalue weighted by atomic mass is 35.5. The van der Waals surface area contributed by atoms with Crippen LogP contribution in [0.5, 0.6) is 0 Å². The van der Waals surface area contributed by atoms with Gasteiger partial charge in [-0.2, -0.15) is 0 Å². The number of pyridine rings is 1. The molecule has 0 saturated heterocycles. The lowest BCUT2D eigenvalue weighted by Crippen LogP contribution is -2.31. The first-order valence-electron chi connectivity index (χ1n) is 11.0. The van der Waals surface area contributed by atoms with Crippen LogP contribution < -0.4 is 15.4 Å². The molecular formula is C25H22Cl2N4O5S. The number of hydrogen-bond donors (Lipinski definition) is 3. The number of carbonyl (C=O) groups is 2. The van der Waals surface area contributed by atoms with Crippen molar-refractivity contribution in [3.63, 3.8) is 0 Å². The van der Waals surface area contributed by atoms with Gasteiger partial charge in [-0.15, -0.1) is 11.6 Å². The summed E-state index contributed by atoms with van der Waals surface area (Å²) in [6.45, 7) is 0.640. The highest BCUT2D eigenvalue weighted by Crippen LogP contribution is 2.45. The fraction of sp³-hybridized carbons (Fsp3) is 0.160. The summed E-state index contributed by atoms with van der Waals surface area (Å²) < 4.78 is 32.6. The second kappa shape index (κ2) is 10.9. The number of fused-ring (bicyclic) bond motifs is 1. The Morgan fingerprint density at radius 3 is 2.51 bits per heavy atom. The van der Waals surface area contributed by atoms with Crippen molar-refractivity contribution in [1.82, 2.24) is 15.0 Å². The fourth-order valence-electron chi connectivity index (χ4n) is 3.67. The van der Waals surface area contributed by atoms with Gasteiger partial charge in [0.05, 0.1) is 17.1 Å². The summed E-state index contributed by atoms with van der Waals surface area (Å²) in [7, 11) is -2.69. The van der Waals surface area contributed by atoms with Crippen LogP contribution in [0.3, 0.4) is 0 Å². The van der Waals surface area contributed by atoms with Crippen molar-refractivity contribution in [3.8, 4) is 0 Å². The Morgan fingerprint density at radius 1 is 1.08 bits per heavy atom. The molecule has 192 valence electrons. The Balaban J connectivity index is 1.48. The normalized spacial score (nSPS) is 16.4. The fourth-order valence-corrected chi connectivity index (χ4v) is 5.16. The number of sulfonamides is 1. The van der Waals surface area contributed by atoms with Crippen LogP contribution in [0, 0.1) is 0 Å². The van der Waals surface area contributed by atoms with Gasteiger partial charge in [-0.3, -0.25) is 14.6 Å². The van der Waals surface area contributed by atoms with Crippen molar-refractivity contribution in [2.24, 2.45) is 0 Å². The number of alkyl halides is 1. The Hall–Kier alpha value is -3.44. The number of ether oxygens (including phenoxy) is 1. The van der Waals surface area contributed by atoms with Gasteiger partial charge in [0.2, 0.25) is 0 Å². The molecule has 4 rings (SSSR count). The third-order valence-electron chi connectivity index (χ3n) is 5.59. The van der Waals surface area contributed by atoms with E-state index in [0.717, 1.165) is 17.4 Å². The van der Waals surface area contributed by atoms with Gasteiger partial charge in [0.15, 0.2) is 0 Å². The van der Waals surface area contributed by atoms with Gasteiger partial charge < -0.3 is 15.4 Å². The van der Waals surface area contributed by atoms with Gasteiger partial charge >= 0.3 is 0 Å². The number of aromatic nitrogens is 1. The second-order valence-corrected chi connectivity index (χ2v) is 10.7. The van der Waals surface area contributed by atoms with E-state index in [1.807, 2.05) is 10.8 Å². The number of benzene rings is 2. The molecule has 1 aliphatic rings. The quantitative estimate of drug-likeness (QED) is 0.283. The second-order valence-electron chi connectivity index (χ2n) is 8.02. The molecule has 1 unspecified atom stereocenters. The average molecular weight is 561 g/mol. The van der Waals surface area contributed by atoms with E-state index in [1.54, 1.807) is 36.5 Å². The molecule has 12 heteroatoms. The van der Waals surface area contributed by atoms with Gasteiger partial charge in [-0.25, -0.2) is 13.1 Å². The van der Waals surface area contributed by atoms with Crippen LogP contribution in [0.2, 0.25) is 5.02 Å². The number of halogens is 2. The predicted octanol–water partition coefficient (Wildman–Crippen LogP) is 3.65. The molecule has 0 saturated carbocycles.